The summed E-state index contributed by atoms with van der Waals surface area (Å²) in [4.78, 5) is 17.4. The van der Waals surface area contributed by atoms with Crippen molar-refractivity contribution in [3.8, 4) is 28.4 Å². The maximum Gasteiger partial charge on any atom is 0.274 e. The van der Waals surface area contributed by atoms with Crippen LogP contribution in [0.4, 0.5) is 0 Å². The van der Waals surface area contributed by atoms with Gasteiger partial charge in [-0.15, -0.1) is 5.10 Å². The summed E-state index contributed by atoms with van der Waals surface area (Å²) < 4.78 is 12.4. The Morgan fingerprint density at radius 3 is 2.42 bits per heavy atom. The molecular formula is C25H25N5O3. The first-order chi connectivity index (χ1) is 16.0. The second kappa shape index (κ2) is 9.52. The number of nitrogens with zero attached hydrogens (tertiary/aromatic N) is 4. The monoisotopic (exact) mass is 443 g/mol. The first kappa shape index (κ1) is 22.0. The Morgan fingerprint density at radius 2 is 1.73 bits per heavy atom. The van der Waals surface area contributed by atoms with E-state index < -0.39 is 0 Å². The number of para-hydroxylation sites is 1. The molecule has 8 heteroatoms. The molecule has 0 saturated carbocycles. The number of rotatable bonds is 7. The molecule has 8 nitrogen and oxygen atoms in total. The molecular weight excluding hydrogens is 418 g/mol. The Kier molecular flexibility index (Phi) is 6.35. The molecule has 0 saturated heterocycles. The van der Waals surface area contributed by atoms with Crippen molar-refractivity contribution in [2.75, 3.05) is 14.2 Å². The minimum atomic E-state index is -0.330. The Balaban J connectivity index is 1.70. The highest BCUT2D eigenvalue weighted by molar-refractivity contribution is 5.98. The lowest BCUT2D eigenvalue weighted by Crippen LogP contribution is -2.27. The number of aryl methyl sites for hydroxylation is 1. The van der Waals surface area contributed by atoms with Crippen LogP contribution in [0.1, 0.15) is 34.6 Å². The van der Waals surface area contributed by atoms with Crippen molar-refractivity contribution in [1.82, 2.24) is 25.3 Å². The maximum atomic E-state index is 13.3. The SMILES string of the molecule is COc1ccc(C(C)NC(=O)c2nnn(-c3ccccc3C)c2-c2ccncc2)cc1OC. The van der Waals surface area contributed by atoms with Crippen molar-refractivity contribution in [2.24, 2.45) is 0 Å². The van der Waals surface area contributed by atoms with Crippen LogP contribution in [0.3, 0.4) is 0 Å². The summed E-state index contributed by atoms with van der Waals surface area (Å²) in [6.07, 6.45) is 3.36. The normalized spacial score (nSPS) is 11.6. The third-order valence-electron chi connectivity index (χ3n) is 5.44. The Hall–Kier alpha value is -4.20. The van der Waals surface area contributed by atoms with Crippen molar-refractivity contribution >= 4 is 5.91 Å². The zero-order valence-corrected chi connectivity index (χ0v) is 18.9. The molecule has 2 aromatic carbocycles. The standard InChI is InChI=1S/C25H25N5O3/c1-16-7-5-6-8-20(16)30-24(18-11-13-26-14-12-18)23(28-29-30)25(31)27-17(2)19-9-10-21(32-3)22(15-19)33-4/h5-15,17H,1-4H3,(H,27,31). The van der Waals surface area contributed by atoms with E-state index in [-0.39, 0.29) is 17.6 Å². The van der Waals surface area contributed by atoms with Gasteiger partial charge in [0.2, 0.25) is 0 Å². The molecule has 168 valence electrons. The van der Waals surface area contributed by atoms with Crippen LogP contribution in [0.2, 0.25) is 0 Å². The number of amides is 1. The fourth-order valence-corrected chi connectivity index (χ4v) is 3.64. The predicted octanol–water partition coefficient (Wildman–Crippen LogP) is 4.15. The number of pyridine rings is 1. The number of benzene rings is 2. The van der Waals surface area contributed by atoms with Gasteiger partial charge in [-0.1, -0.05) is 29.5 Å². The fourth-order valence-electron chi connectivity index (χ4n) is 3.64. The van der Waals surface area contributed by atoms with Gasteiger partial charge in [0, 0.05) is 18.0 Å². The number of carbonyl (C=O) groups excluding carboxylic acids is 1. The molecule has 0 aliphatic heterocycles. The smallest absolute Gasteiger partial charge is 0.274 e. The van der Waals surface area contributed by atoms with Gasteiger partial charge >= 0.3 is 0 Å². The molecule has 4 aromatic rings. The zero-order chi connectivity index (χ0) is 23.4. The summed E-state index contributed by atoms with van der Waals surface area (Å²) in [5, 5.41) is 11.6. The summed E-state index contributed by atoms with van der Waals surface area (Å²) in [6, 6.07) is 16.7. The average molecular weight is 444 g/mol. The highest BCUT2D eigenvalue weighted by Crippen LogP contribution is 2.31. The van der Waals surface area contributed by atoms with E-state index in [0.29, 0.717) is 17.2 Å². The van der Waals surface area contributed by atoms with Gasteiger partial charge in [0.1, 0.15) is 5.69 Å². The van der Waals surface area contributed by atoms with Crippen molar-refractivity contribution in [2.45, 2.75) is 19.9 Å². The highest BCUT2D eigenvalue weighted by atomic mass is 16.5. The maximum absolute atomic E-state index is 13.3. The lowest BCUT2D eigenvalue weighted by Gasteiger charge is -2.16. The van der Waals surface area contributed by atoms with Gasteiger partial charge in [-0.3, -0.25) is 9.78 Å². The number of ether oxygens (including phenoxy) is 2. The summed E-state index contributed by atoms with van der Waals surface area (Å²) >= 11 is 0. The molecule has 0 aliphatic rings. The van der Waals surface area contributed by atoms with E-state index in [1.165, 1.54) is 0 Å². The van der Waals surface area contributed by atoms with Crippen molar-refractivity contribution in [3.05, 3.63) is 83.8 Å². The molecule has 0 spiro atoms. The second-order valence-electron chi connectivity index (χ2n) is 7.53. The first-order valence-electron chi connectivity index (χ1n) is 10.5. The van der Waals surface area contributed by atoms with Gasteiger partial charge in [-0.25, -0.2) is 4.68 Å². The fraction of sp³-hybridized carbons (Fsp3) is 0.200. The van der Waals surface area contributed by atoms with Crippen molar-refractivity contribution < 1.29 is 14.3 Å². The third-order valence-corrected chi connectivity index (χ3v) is 5.44. The second-order valence-corrected chi connectivity index (χ2v) is 7.53. The van der Waals surface area contributed by atoms with Gasteiger partial charge in [0.15, 0.2) is 17.2 Å². The summed E-state index contributed by atoms with van der Waals surface area (Å²) in [5.41, 5.74) is 4.37. The van der Waals surface area contributed by atoms with E-state index in [1.54, 1.807) is 31.3 Å². The van der Waals surface area contributed by atoms with Crippen LogP contribution in [0.5, 0.6) is 11.5 Å². The van der Waals surface area contributed by atoms with Gasteiger partial charge in [0.25, 0.3) is 5.91 Å². The van der Waals surface area contributed by atoms with Gasteiger partial charge in [-0.05, 0) is 55.3 Å². The van der Waals surface area contributed by atoms with Crippen LogP contribution in [0.15, 0.2) is 67.0 Å². The van der Waals surface area contributed by atoms with Crippen LogP contribution in [-0.2, 0) is 0 Å². The van der Waals surface area contributed by atoms with Crippen LogP contribution < -0.4 is 14.8 Å². The third kappa shape index (κ3) is 4.41. The lowest BCUT2D eigenvalue weighted by molar-refractivity contribution is 0.0935. The minimum Gasteiger partial charge on any atom is -0.493 e. The van der Waals surface area contributed by atoms with Crippen molar-refractivity contribution in [3.63, 3.8) is 0 Å². The molecule has 1 atom stereocenters. The van der Waals surface area contributed by atoms with Gasteiger partial charge in [0.05, 0.1) is 25.9 Å². The Labute approximate surface area is 192 Å². The Bertz CT molecular complexity index is 1270. The summed E-state index contributed by atoms with van der Waals surface area (Å²) in [6.45, 7) is 3.89. The number of carbonyl (C=O) groups is 1. The topological polar surface area (TPSA) is 91.2 Å². The van der Waals surface area contributed by atoms with E-state index in [2.05, 4.69) is 20.6 Å². The van der Waals surface area contributed by atoms with Gasteiger partial charge < -0.3 is 14.8 Å². The number of methoxy groups -OCH3 is 2. The molecule has 2 aromatic heterocycles. The van der Waals surface area contributed by atoms with Crippen LogP contribution >= 0.6 is 0 Å². The Morgan fingerprint density at radius 1 is 1.00 bits per heavy atom. The predicted molar refractivity (Wildman–Crippen MR) is 125 cm³/mol. The lowest BCUT2D eigenvalue weighted by atomic mass is 10.1. The largest absolute Gasteiger partial charge is 0.493 e. The van der Waals surface area contributed by atoms with Crippen LogP contribution in [0, 0.1) is 6.92 Å². The zero-order valence-electron chi connectivity index (χ0n) is 18.9. The average Bonchev–Trinajstić information content (AvgIpc) is 3.29. The van der Waals surface area contributed by atoms with Crippen molar-refractivity contribution in [1.29, 1.82) is 0 Å². The minimum absolute atomic E-state index is 0.233. The molecule has 1 unspecified atom stereocenters. The molecule has 2 heterocycles. The van der Waals surface area contributed by atoms with E-state index in [1.807, 2.05) is 68.4 Å². The number of aromatic nitrogens is 4. The summed E-state index contributed by atoms with van der Waals surface area (Å²) in [7, 11) is 3.16. The molecule has 1 N–H and O–H groups in total. The van der Waals surface area contributed by atoms with E-state index in [0.717, 1.165) is 22.4 Å². The number of hydrogen-bond acceptors (Lipinski definition) is 6. The first-order valence-corrected chi connectivity index (χ1v) is 10.5. The summed E-state index contributed by atoms with van der Waals surface area (Å²) in [5.74, 6) is 0.893. The van der Waals surface area contributed by atoms with Crippen LogP contribution in [-0.4, -0.2) is 40.1 Å². The van der Waals surface area contributed by atoms with E-state index >= 15 is 0 Å². The van der Waals surface area contributed by atoms with Gasteiger partial charge in [-0.2, -0.15) is 0 Å². The van der Waals surface area contributed by atoms with Crippen LogP contribution in [0.25, 0.3) is 16.9 Å². The van der Waals surface area contributed by atoms with E-state index in [9.17, 15) is 4.79 Å². The van der Waals surface area contributed by atoms with E-state index in [4.69, 9.17) is 9.47 Å². The highest BCUT2D eigenvalue weighted by Gasteiger charge is 2.24. The quantitative estimate of drug-likeness (QED) is 0.462. The molecule has 4 rings (SSSR count). The number of hydrogen-bond donors (Lipinski definition) is 1. The molecule has 33 heavy (non-hydrogen) atoms. The molecule has 0 fully saturated rings. The molecule has 1 amide bonds. The number of nitrogens with one attached hydrogen (secondary N) is 1. The molecule has 0 bridgehead atoms. The molecule has 0 radical (unpaired) electrons. The molecule has 0 aliphatic carbocycles.